The summed E-state index contributed by atoms with van der Waals surface area (Å²) in [6, 6.07) is 5.27. The number of nitrogen functional groups attached to an aromatic ring is 1. The number of aliphatic hydroxyl groups is 1. The monoisotopic (exact) mass is 251 g/mol. The molecule has 0 fully saturated rings. The molecule has 18 heavy (non-hydrogen) atoms. The zero-order chi connectivity index (χ0) is 13.5. The second-order valence-corrected chi connectivity index (χ2v) is 4.14. The summed E-state index contributed by atoms with van der Waals surface area (Å²) in [5.74, 6) is -0.145. The van der Waals surface area contributed by atoms with Crippen LogP contribution in [0.15, 0.2) is 18.2 Å². The van der Waals surface area contributed by atoms with Gasteiger partial charge in [-0.25, -0.2) is 0 Å². The summed E-state index contributed by atoms with van der Waals surface area (Å²) >= 11 is 0. The van der Waals surface area contributed by atoms with Gasteiger partial charge in [0, 0.05) is 25.3 Å². The molecule has 1 aromatic carbocycles. The lowest BCUT2D eigenvalue weighted by atomic mass is 10.1. The Kier molecular flexibility index (Phi) is 5.45. The fraction of sp³-hybridized carbons (Fsp3) is 0.462. The van der Waals surface area contributed by atoms with Gasteiger partial charge in [-0.3, -0.25) is 4.79 Å². The summed E-state index contributed by atoms with van der Waals surface area (Å²) in [5, 5.41) is 14.8. The van der Waals surface area contributed by atoms with Crippen LogP contribution in [0.1, 0.15) is 30.1 Å². The van der Waals surface area contributed by atoms with Crippen LogP contribution in [-0.4, -0.2) is 30.7 Å². The third-order valence-electron chi connectivity index (χ3n) is 2.87. The van der Waals surface area contributed by atoms with Gasteiger partial charge in [-0.1, -0.05) is 6.92 Å². The van der Waals surface area contributed by atoms with Crippen LogP contribution in [0, 0.1) is 0 Å². The van der Waals surface area contributed by atoms with Crippen LogP contribution in [0.25, 0.3) is 0 Å². The predicted octanol–water partition coefficient (Wildman–Crippen LogP) is 1.20. The number of benzene rings is 1. The smallest absolute Gasteiger partial charge is 0.251 e. The Bertz CT molecular complexity index is 407. The van der Waals surface area contributed by atoms with Gasteiger partial charge in [-0.2, -0.15) is 0 Å². The fourth-order valence-corrected chi connectivity index (χ4v) is 1.72. The highest BCUT2D eigenvalue weighted by Gasteiger charge is 2.10. The lowest BCUT2D eigenvalue weighted by molar-refractivity contribution is 0.0963. The molecule has 0 heterocycles. The summed E-state index contributed by atoms with van der Waals surface area (Å²) in [6.45, 7) is 2.16. The Morgan fingerprint density at radius 1 is 1.50 bits per heavy atom. The summed E-state index contributed by atoms with van der Waals surface area (Å²) in [5.41, 5.74) is 7.77. The highest BCUT2D eigenvalue weighted by atomic mass is 16.3. The Morgan fingerprint density at radius 3 is 2.78 bits per heavy atom. The molecular weight excluding hydrogens is 230 g/mol. The van der Waals surface area contributed by atoms with Gasteiger partial charge in [0.1, 0.15) is 0 Å². The van der Waals surface area contributed by atoms with Crippen LogP contribution in [0.4, 0.5) is 11.4 Å². The third kappa shape index (κ3) is 3.63. The molecule has 0 spiro atoms. The van der Waals surface area contributed by atoms with Gasteiger partial charge in [0.05, 0.1) is 11.4 Å². The zero-order valence-corrected chi connectivity index (χ0v) is 10.9. The van der Waals surface area contributed by atoms with E-state index in [0.29, 0.717) is 17.7 Å². The van der Waals surface area contributed by atoms with Gasteiger partial charge >= 0.3 is 0 Å². The largest absolute Gasteiger partial charge is 0.397 e. The van der Waals surface area contributed by atoms with Crippen molar-refractivity contribution in [1.82, 2.24) is 5.32 Å². The molecule has 0 saturated carbocycles. The molecule has 1 unspecified atom stereocenters. The number of amides is 1. The van der Waals surface area contributed by atoms with E-state index in [-0.39, 0.29) is 18.6 Å². The Morgan fingerprint density at radius 2 is 2.22 bits per heavy atom. The Labute approximate surface area is 107 Å². The number of nitrogens with two attached hydrogens (primary N) is 1. The molecule has 1 aromatic rings. The van der Waals surface area contributed by atoms with Crippen LogP contribution in [0.2, 0.25) is 0 Å². The maximum atomic E-state index is 11.5. The molecule has 0 bridgehead atoms. The van der Waals surface area contributed by atoms with E-state index in [1.54, 1.807) is 25.2 Å². The van der Waals surface area contributed by atoms with Crippen LogP contribution < -0.4 is 16.4 Å². The van der Waals surface area contributed by atoms with E-state index in [4.69, 9.17) is 10.8 Å². The zero-order valence-electron chi connectivity index (χ0n) is 10.9. The average Bonchev–Trinajstić information content (AvgIpc) is 2.39. The van der Waals surface area contributed by atoms with E-state index in [0.717, 1.165) is 12.1 Å². The molecule has 5 heteroatoms. The predicted molar refractivity (Wildman–Crippen MR) is 73.6 cm³/mol. The molecule has 5 N–H and O–H groups in total. The van der Waals surface area contributed by atoms with Crippen LogP contribution in [0.5, 0.6) is 0 Å². The molecule has 0 aliphatic carbocycles. The first-order chi connectivity index (χ1) is 8.62. The van der Waals surface area contributed by atoms with Crippen molar-refractivity contribution in [3.63, 3.8) is 0 Å². The first-order valence-corrected chi connectivity index (χ1v) is 6.11. The average molecular weight is 251 g/mol. The third-order valence-corrected chi connectivity index (χ3v) is 2.87. The highest BCUT2D eigenvalue weighted by molar-refractivity contribution is 5.96. The number of carbonyl (C=O) groups is 1. The number of rotatable bonds is 6. The van der Waals surface area contributed by atoms with Crippen molar-refractivity contribution < 1.29 is 9.90 Å². The van der Waals surface area contributed by atoms with Gasteiger partial charge in [0.25, 0.3) is 5.91 Å². The van der Waals surface area contributed by atoms with Gasteiger partial charge in [-0.05, 0) is 31.0 Å². The van der Waals surface area contributed by atoms with E-state index in [2.05, 4.69) is 10.6 Å². The summed E-state index contributed by atoms with van der Waals surface area (Å²) in [6.07, 6.45) is 1.53. The highest BCUT2D eigenvalue weighted by Crippen LogP contribution is 2.22. The molecule has 1 atom stereocenters. The molecule has 5 nitrogen and oxygen atoms in total. The summed E-state index contributed by atoms with van der Waals surface area (Å²) in [4.78, 5) is 11.5. The molecule has 100 valence electrons. The lowest BCUT2D eigenvalue weighted by Crippen LogP contribution is -2.22. The second-order valence-electron chi connectivity index (χ2n) is 4.14. The first kappa shape index (κ1) is 14.3. The fourth-order valence-electron chi connectivity index (χ4n) is 1.72. The van der Waals surface area contributed by atoms with Gasteiger partial charge in [-0.15, -0.1) is 0 Å². The van der Waals surface area contributed by atoms with Crippen molar-refractivity contribution in [1.29, 1.82) is 0 Å². The van der Waals surface area contributed by atoms with Crippen molar-refractivity contribution in [2.75, 3.05) is 24.7 Å². The molecule has 0 aliphatic heterocycles. The van der Waals surface area contributed by atoms with E-state index in [9.17, 15) is 4.79 Å². The van der Waals surface area contributed by atoms with E-state index in [1.807, 2.05) is 6.92 Å². The molecule has 1 amide bonds. The molecular formula is C13H21N3O2. The summed E-state index contributed by atoms with van der Waals surface area (Å²) < 4.78 is 0. The van der Waals surface area contributed by atoms with Gasteiger partial charge in [0.15, 0.2) is 0 Å². The normalized spacial score (nSPS) is 11.9. The minimum absolute atomic E-state index is 0.126. The van der Waals surface area contributed by atoms with Crippen molar-refractivity contribution in [2.45, 2.75) is 25.8 Å². The Balaban J connectivity index is 2.89. The van der Waals surface area contributed by atoms with Crippen molar-refractivity contribution in [3.05, 3.63) is 23.8 Å². The van der Waals surface area contributed by atoms with Crippen LogP contribution in [-0.2, 0) is 0 Å². The number of nitrogens with one attached hydrogen (secondary N) is 2. The first-order valence-electron chi connectivity index (χ1n) is 6.11. The Hall–Kier alpha value is -1.75. The number of carbonyl (C=O) groups excluding carboxylic acids is 1. The SMILES string of the molecule is CCC(CCO)Nc1cc(C(=O)NC)ccc1N. The van der Waals surface area contributed by atoms with Gasteiger partial charge < -0.3 is 21.5 Å². The minimum atomic E-state index is -0.145. The molecule has 0 saturated heterocycles. The standard InChI is InChI=1S/C13H21N3O2/c1-3-10(6-7-17)16-12-8-9(13(18)15-2)4-5-11(12)14/h4-5,8,10,16-17H,3,6-7,14H2,1-2H3,(H,15,18). The molecule has 0 radical (unpaired) electrons. The van der Waals surface area contributed by atoms with Crippen molar-refractivity contribution in [2.24, 2.45) is 0 Å². The van der Waals surface area contributed by atoms with Crippen molar-refractivity contribution >= 4 is 17.3 Å². The topological polar surface area (TPSA) is 87.4 Å². The van der Waals surface area contributed by atoms with Gasteiger partial charge in [0.2, 0.25) is 0 Å². The minimum Gasteiger partial charge on any atom is -0.397 e. The van der Waals surface area contributed by atoms with Crippen LogP contribution in [0.3, 0.4) is 0 Å². The van der Waals surface area contributed by atoms with E-state index in [1.165, 1.54) is 0 Å². The quantitative estimate of drug-likeness (QED) is 0.572. The number of anilines is 2. The van der Waals surface area contributed by atoms with Crippen LogP contribution >= 0.6 is 0 Å². The molecule has 1 rings (SSSR count). The lowest BCUT2D eigenvalue weighted by Gasteiger charge is -2.19. The molecule has 0 aliphatic rings. The maximum absolute atomic E-state index is 11.5. The van der Waals surface area contributed by atoms with E-state index < -0.39 is 0 Å². The number of hydrogen-bond acceptors (Lipinski definition) is 4. The maximum Gasteiger partial charge on any atom is 0.251 e. The van der Waals surface area contributed by atoms with Crippen molar-refractivity contribution in [3.8, 4) is 0 Å². The molecule has 0 aromatic heterocycles. The summed E-state index contributed by atoms with van der Waals surface area (Å²) in [7, 11) is 1.59. The number of aliphatic hydroxyl groups excluding tert-OH is 1. The van der Waals surface area contributed by atoms with E-state index >= 15 is 0 Å². The number of hydrogen-bond donors (Lipinski definition) is 4. The second kappa shape index (κ2) is 6.86.